The first-order valence-electron chi connectivity index (χ1n) is 6.97. The van der Waals surface area contributed by atoms with Crippen molar-refractivity contribution in [1.82, 2.24) is 9.97 Å². The van der Waals surface area contributed by atoms with Gasteiger partial charge in [-0.25, -0.2) is 4.98 Å². The molecule has 2 aromatic carbocycles. The minimum atomic E-state index is 0.109. The van der Waals surface area contributed by atoms with Gasteiger partial charge in [0.1, 0.15) is 0 Å². The number of fused-ring (bicyclic) bond motifs is 1. The number of H-pyrrole nitrogens is 1. The number of hydrogen-bond acceptors (Lipinski definition) is 2. The van der Waals surface area contributed by atoms with Crippen molar-refractivity contribution in [2.75, 3.05) is 11.9 Å². The molecule has 0 bridgehead atoms. The largest absolute Gasteiger partial charge is 0.345 e. The molecule has 1 amide bonds. The maximum atomic E-state index is 12.3. The summed E-state index contributed by atoms with van der Waals surface area (Å²) >= 11 is 0. The smallest absolute Gasteiger partial charge is 0.227 e. The summed E-state index contributed by atoms with van der Waals surface area (Å²) < 4.78 is 0. The van der Waals surface area contributed by atoms with Crippen molar-refractivity contribution in [2.45, 2.75) is 12.8 Å². The number of carbonyl (C=O) groups excluding carboxylic acids is 1. The fourth-order valence-electron chi connectivity index (χ4n) is 2.34. The molecular weight excluding hydrogens is 262 g/mol. The molecule has 0 saturated carbocycles. The lowest BCUT2D eigenvalue weighted by atomic mass is 10.1. The number of nitrogens with one attached hydrogen (secondary N) is 1. The number of aryl methyl sites for hydroxylation is 1. The number of hydrogen-bond donors (Lipinski definition) is 1. The highest BCUT2D eigenvalue weighted by atomic mass is 16.2. The molecule has 0 spiro atoms. The van der Waals surface area contributed by atoms with E-state index < -0.39 is 0 Å². The van der Waals surface area contributed by atoms with Crippen LogP contribution in [-0.4, -0.2) is 22.9 Å². The highest BCUT2D eigenvalue weighted by Gasteiger charge is 2.11. The van der Waals surface area contributed by atoms with Crippen LogP contribution >= 0.6 is 0 Å². The van der Waals surface area contributed by atoms with Gasteiger partial charge >= 0.3 is 0 Å². The molecule has 0 unspecified atom stereocenters. The van der Waals surface area contributed by atoms with Gasteiger partial charge in [0.15, 0.2) is 0 Å². The lowest BCUT2D eigenvalue weighted by molar-refractivity contribution is -0.118. The molecule has 106 valence electrons. The van der Waals surface area contributed by atoms with Crippen LogP contribution in [0.5, 0.6) is 0 Å². The summed E-state index contributed by atoms with van der Waals surface area (Å²) in [5, 5.41) is 0. The first-order valence-corrected chi connectivity index (χ1v) is 6.97. The molecule has 4 heteroatoms. The topological polar surface area (TPSA) is 49.0 Å². The van der Waals surface area contributed by atoms with Crippen molar-refractivity contribution >= 4 is 22.6 Å². The minimum absolute atomic E-state index is 0.109. The van der Waals surface area contributed by atoms with E-state index in [-0.39, 0.29) is 5.91 Å². The Morgan fingerprint density at radius 2 is 2.00 bits per heavy atom. The van der Waals surface area contributed by atoms with Gasteiger partial charge in [0, 0.05) is 19.2 Å². The maximum absolute atomic E-state index is 12.3. The summed E-state index contributed by atoms with van der Waals surface area (Å²) in [6.07, 6.45) is 2.92. The van der Waals surface area contributed by atoms with Crippen LogP contribution in [0, 0.1) is 0 Å². The zero-order valence-electron chi connectivity index (χ0n) is 11.9. The normalized spacial score (nSPS) is 10.7. The third-order valence-corrected chi connectivity index (χ3v) is 3.64. The van der Waals surface area contributed by atoms with Crippen LogP contribution < -0.4 is 4.90 Å². The third kappa shape index (κ3) is 2.94. The number of imidazole rings is 1. The van der Waals surface area contributed by atoms with E-state index in [4.69, 9.17) is 0 Å². The predicted molar refractivity (Wildman–Crippen MR) is 84.3 cm³/mol. The molecule has 3 aromatic rings. The van der Waals surface area contributed by atoms with Gasteiger partial charge in [0.25, 0.3) is 0 Å². The molecule has 1 aromatic heterocycles. The van der Waals surface area contributed by atoms with Crippen LogP contribution in [0.15, 0.2) is 54.9 Å². The number of carbonyl (C=O) groups is 1. The second kappa shape index (κ2) is 5.79. The third-order valence-electron chi connectivity index (χ3n) is 3.64. The molecule has 4 nitrogen and oxygen atoms in total. The summed E-state index contributed by atoms with van der Waals surface area (Å²) in [4.78, 5) is 21.2. The number of nitrogens with zero attached hydrogens (tertiary/aromatic N) is 2. The van der Waals surface area contributed by atoms with Gasteiger partial charge < -0.3 is 9.88 Å². The second-order valence-corrected chi connectivity index (χ2v) is 5.04. The Labute approximate surface area is 123 Å². The lowest BCUT2D eigenvalue weighted by Gasteiger charge is -2.17. The average Bonchev–Trinajstić information content (AvgIpc) is 3.00. The summed E-state index contributed by atoms with van der Waals surface area (Å²) in [6, 6.07) is 15.9. The van der Waals surface area contributed by atoms with E-state index in [1.165, 1.54) is 5.56 Å². The summed E-state index contributed by atoms with van der Waals surface area (Å²) in [5.41, 5.74) is 3.91. The van der Waals surface area contributed by atoms with Gasteiger partial charge in [-0.1, -0.05) is 30.3 Å². The predicted octanol–water partition coefficient (Wildman–Crippen LogP) is 3.16. The number of aromatic amines is 1. The molecule has 1 heterocycles. The fraction of sp³-hybridized carbons (Fsp3) is 0.176. The lowest BCUT2D eigenvalue weighted by Crippen LogP contribution is -2.26. The zero-order chi connectivity index (χ0) is 14.7. The Hall–Kier alpha value is -2.62. The van der Waals surface area contributed by atoms with E-state index >= 15 is 0 Å². The second-order valence-electron chi connectivity index (χ2n) is 5.04. The van der Waals surface area contributed by atoms with Crippen LogP contribution in [0.2, 0.25) is 0 Å². The molecule has 0 radical (unpaired) electrons. The SMILES string of the molecule is CN(C(=O)CCc1ccccc1)c1ccc2nc[nH]c2c1. The molecule has 21 heavy (non-hydrogen) atoms. The van der Waals surface area contributed by atoms with E-state index in [1.807, 2.05) is 55.6 Å². The molecule has 0 aliphatic heterocycles. The molecule has 0 aliphatic carbocycles. The van der Waals surface area contributed by atoms with Gasteiger partial charge in [-0.05, 0) is 30.2 Å². The van der Waals surface area contributed by atoms with Crippen LogP contribution in [-0.2, 0) is 11.2 Å². The van der Waals surface area contributed by atoms with Gasteiger partial charge in [-0.15, -0.1) is 0 Å². The Morgan fingerprint density at radius 1 is 1.19 bits per heavy atom. The fourth-order valence-corrected chi connectivity index (χ4v) is 2.34. The molecule has 1 N–H and O–H groups in total. The monoisotopic (exact) mass is 279 g/mol. The number of aromatic nitrogens is 2. The van der Waals surface area contributed by atoms with E-state index in [0.717, 1.165) is 23.1 Å². The summed E-state index contributed by atoms with van der Waals surface area (Å²) in [7, 11) is 1.81. The van der Waals surface area contributed by atoms with E-state index in [0.29, 0.717) is 6.42 Å². The van der Waals surface area contributed by atoms with Crippen LogP contribution in [0.25, 0.3) is 11.0 Å². The molecule has 0 atom stereocenters. The van der Waals surface area contributed by atoms with E-state index in [9.17, 15) is 4.79 Å². The standard InChI is InChI=1S/C17H17N3O/c1-20(14-8-9-15-16(11-14)19-12-18-15)17(21)10-7-13-5-3-2-4-6-13/h2-6,8-9,11-12H,7,10H2,1H3,(H,18,19). The Kier molecular flexibility index (Phi) is 3.69. The quantitative estimate of drug-likeness (QED) is 0.797. The maximum Gasteiger partial charge on any atom is 0.227 e. The van der Waals surface area contributed by atoms with Crippen LogP contribution in [0.1, 0.15) is 12.0 Å². The highest BCUT2D eigenvalue weighted by molar-refractivity contribution is 5.94. The van der Waals surface area contributed by atoms with E-state index in [2.05, 4.69) is 9.97 Å². The van der Waals surface area contributed by atoms with Crippen molar-refractivity contribution in [3.05, 3.63) is 60.4 Å². The number of benzene rings is 2. The summed E-state index contributed by atoms with van der Waals surface area (Å²) in [5.74, 6) is 0.109. The Balaban J connectivity index is 1.68. The van der Waals surface area contributed by atoms with Gasteiger partial charge in [-0.3, -0.25) is 4.79 Å². The molecule has 3 rings (SSSR count). The number of anilines is 1. The first kappa shape index (κ1) is 13.4. The van der Waals surface area contributed by atoms with Crippen molar-refractivity contribution in [2.24, 2.45) is 0 Å². The molecule has 0 fully saturated rings. The average molecular weight is 279 g/mol. The minimum Gasteiger partial charge on any atom is -0.345 e. The Morgan fingerprint density at radius 3 is 2.81 bits per heavy atom. The highest BCUT2D eigenvalue weighted by Crippen LogP contribution is 2.19. The van der Waals surface area contributed by atoms with Crippen molar-refractivity contribution < 1.29 is 4.79 Å². The zero-order valence-corrected chi connectivity index (χ0v) is 11.9. The molecule has 0 aliphatic rings. The van der Waals surface area contributed by atoms with Crippen molar-refractivity contribution in [1.29, 1.82) is 0 Å². The Bertz CT molecular complexity index is 749. The van der Waals surface area contributed by atoms with Gasteiger partial charge in [0.05, 0.1) is 17.4 Å². The number of amides is 1. The number of rotatable bonds is 4. The van der Waals surface area contributed by atoms with Crippen molar-refractivity contribution in [3.8, 4) is 0 Å². The molecular formula is C17H17N3O. The first-order chi connectivity index (χ1) is 10.2. The van der Waals surface area contributed by atoms with Crippen LogP contribution in [0.4, 0.5) is 5.69 Å². The molecule has 0 saturated heterocycles. The van der Waals surface area contributed by atoms with Gasteiger partial charge in [0.2, 0.25) is 5.91 Å². The summed E-state index contributed by atoms with van der Waals surface area (Å²) in [6.45, 7) is 0. The van der Waals surface area contributed by atoms with E-state index in [1.54, 1.807) is 11.2 Å². The van der Waals surface area contributed by atoms with Crippen LogP contribution in [0.3, 0.4) is 0 Å². The van der Waals surface area contributed by atoms with Gasteiger partial charge in [-0.2, -0.15) is 0 Å². The van der Waals surface area contributed by atoms with Crippen molar-refractivity contribution in [3.63, 3.8) is 0 Å².